The van der Waals surface area contributed by atoms with Crippen molar-refractivity contribution in [1.29, 1.82) is 0 Å². The van der Waals surface area contributed by atoms with Crippen molar-refractivity contribution in [3.05, 3.63) is 53.1 Å². The van der Waals surface area contributed by atoms with Crippen LogP contribution in [0.2, 0.25) is 0 Å². The number of Topliss-reactive ketones (excluding diaryl/α,β-unsaturated/α-hetero) is 2. The maximum Gasteiger partial charge on any atom is 0.234 e. The minimum Gasteiger partial charge on any atom is -0.508 e. The van der Waals surface area contributed by atoms with E-state index in [0.717, 1.165) is 12.1 Å². The number of aromatic hydroxyl groups is 3. The molecule has 7 rings (SSSR count). The Morgan fingerprint density at radius 3 is 2.60 bits per heavy atom. The summed E-state index contributed by atoms with van der Waals surface area (Å²) in [5, 5.41) is 52.0. The van der Waals surface area contributed by atoms with Crippen LogP contribution in [0.25, 0.3) is 0 Å². The number of methoxy groups -OCH3 is 1. The SMILES string of the molecule is COc1cc([C@@H]2[C@@H]3CO[C@]4(O)C(=O)[C@@H]2C=C([C@H]2Oc5cc(O)cc(O)c5C(=O)[C@@H]2O)[C@@H]34)ccc1O. The lowest BCUT2D eigenvalue weighted by atomic mass is 9.55. The first kappa shape index (κ1) is 21.9. The second kappa shape index (κ2) is 7.20. The minimum absolute atomic E-state index is 0.0452. The number of ketones is 2. The number of allylic oxidation sites excluding steroid dienone is 1. The molecule has 5 aliphatic rings. The number of rotatable bonds is 3. The van der Waals surface area contributed by atoms with Gasteiger partial charge in [-0.3, -0.25) is 9.59 Å². The van der Waals surface area contributed by atoms with Crippen LogP contribution in [0.3, 0.4) is 0 Å². The molecule has 2 aromatic carbocycles. The van der Waals surface area contributed by atoms with Crippen molar-refractivity contribution < 1.29 is 49.3 Å². The van der Waals surface area contributed by atoms with E-state index in [1.54, 1.807) is 18.2 Å². The van der Waals surface area contributed by atoms with Crippen LogP contribution in [0.1, 0.15) is 21.8 Å². The number of ether oxygens (including phenoxy) is 3. The van der Waals surface area contributed by atoms with Crippen LogP contribution < -0.4 is 9.47 Å². The average Bonchev–Trinajstić information content (AvgIpc) is 3.14. The molecule has 0 aromatic heterocycles. The third kappa shape index (κ3) is 2.81. The zero-order valence-electron chi connectivity index (χ0n) is 18.4. The molecule has 1 saturated heterocycles. The Bertz CT molecular complexity index is 1320. The monoisotopic (exact) mass is 482 g/mol. The number of aliphatic hydroxyl groups is 2. The van der Waals surface area contributed by atoms with E-state index in [4.69, 9.17) is 14.2 Å². The standard InChI is InChI=1S/C25H22O10/c1-33-16-4-9(2-3-14(16)27)18-11-7-12(20-13(18)8-34-25(20,32)24(11)31)23-22(30)21(29)19-15(28)5-10(26)6-17(19)35-23/h2-7,11,13,18,20,22-23,26-28,30,32H,8H2,1H3/t11-,13+,18+,20+,22+,23-,25+/m1/s1. The Kier molecular flexibility index (Phi) is 4.51. The summed E-state index contributed by atoms with van der Waals surface area (Å²) >= 11 is 0. The van der Waals surface area contributed by atoms with E-state index in [1.807, 2.05) is 0 Å². The van der Waals surface area contributed by atoms with Crippen molar-refractivity contribution in [2.75, 3.05) is 13.7 Å². The van der Waals surface area contributed by atoms with Gasteiger partial charge in [0.25, 0.3) is 0 Å². The lowest BCUT2D eigenvalue weighted by Crippen LogP contribution is -2.60. The van der Waals surface area contributed by atoms with Gasteiger partial charge < -0.3 is 39.7 Å². The quantitative estimate of drug-likeness (QED) is 0.399. The van der Waals surface area contributed by atoms with E-state index >= 15 is 0 Å². The summed E-state index contributed by atoms with van der Waals surface area (Å²) in [6, 6.07) is 6.91. The van der Waals surface area contributed by atoms with Gasteiger partial charge in [-0.25, -0.2) is 0 Å². The fourth-order valence-electron chi connectivity index (χ4n) is 6.16. The number of fused-ring (bicyclic) bond motifs is 1. The van der Waals surface area contributed by atoms with Gasteiger partial charge in [-0.15, -0.1) is 0 Å². The van der Waals surface area contributed by atoms with Gasteiger partial charge in [0.05, 0.1) is 19.6 Å². The van der Waals surface area contributed by atoms with E-state index in [-0.39, 0.29) is 35.2 Å². The Morgan fingerprint density at radius 1 is 1.09 bits per heavy atom. The third-order valence-corrected chi connectivity index (χ3v) is 7.62. The Balaban J connectivity index is 1.46. The van der Waals surface area contributed by atoms with Gasteiger partial charge in [0.1, 0.15) is 22.8 Å². The Hall–Kier alpha value is -3.60. The van der Waals surface area contributed by atoms with Crippen LogP contribution in [0.4, 0.5) is 0 Å². The lowest BCUT2D eigenvalue weighted by Gasteiger charge is -2.50. The number of aliphatic hydroxyl groups excluding tert-OH is 1. The molecule has 182 valence electrons. The van der Waals surface area contributed by atoms with Crippen molar-refractivity contribution in [2.45, 2.75) is 23.9 Å². The van der Waals surface area contributed by atoms with Gasteiger partial charge in [0, 0.05) is 29.9 Å². The highest BCUT2D eigenvalue weighted by Crippen LogP contribution is 2.61. The van der Waals surface area contributed by atoms with E-state index in [9.17, 15) is 35.1 Å². The highest BCUT2D eigenvalue weighted by atomic mass is 16.6. The average molecular weight is 482 g/mol. The molecule has 5 N–H and O–H groups in total. The second-order valence-corrected chi connectivity index (χ2v) is 9.35. The maximum absolute atomic E-state index is 13.3. The third-order valence-electron chi connectivity index (χ3n) is 7.62. The topological polar surface area (TPSA) is 163 Å². The number of carbonyl (C=O) groups is 2. The van der Waals surface area contributed by atoms with Gasteiger partial charge >= 0.3 is 0 Å². The molecular formula is C25H22O10. The molecule has 2 heterocycles. The summed E-state index contributed by atoms with van der Waals surface area (Å²) in [7, 11) is 1.42. The van der Waals surface area contributed by atoms with Crippen molar-refractivity contribution >= 4 is 11.6 Å². The van der Waals surface area contributed by atoms with Crippen molar-refractivity contribution in [3.63, 3.8) is 0 Å². The maximum atomic E-state index is 13.3. The van der Waals surface area contributed by atoms with Gasteiger partial charge in [-0.2, -0.15) is 0 Å². The van der Waals surface area contributed by atoms with Gasteiger partial charge in [-0.1, -0.05) is 12.1 Å². The summed E-state index contributed by atoms with van der Waals surface area (Å²) in [5.74, 6) is -6.84. The predicted octanol–water partition coefficient (Wildman–Crippen LogP) is 0.990. The molecule has 0 unspecified atom stereocenters. The number of phenols is 3. The molecule has 0 radical (unpaired) electrons. The van der Waals surface area contributed by atoms with E-state index in [2.05, 4.69) is 0 Å². The van der Waals surface area contributed by atoms with E-state index in [1.165, 1.54) is 13.2 Å². The van der Waals surface area contributed by atoms with Crippen LogP contribution in [0.5, 0.6) is 28.7 Å². The summed E-state index contributed by atoms with van der Waals surface area (Å²) in [4.78, 5) is 26.2. The number of carbonyl (C=O) groups excluding carboxylic acids is 2. The van der Waals surface area contributed by atoms with E-state index in [0.29, 0.717) is 11.1 Å². The van der Waals surface area contributed by atoms with Crippen molar-refractivity contribution in [1.82, 2.24) is 0 Å². The molecule has 7 atom stereocenters. The smallest absolute Gasteiger partial charge is 0.234 e. The highest BCUT2D eigenvalue weighted by molar-refractivity contribution is 6.06. The summed E-state index contributed by atoms with van der Waals surface area (Å²) in [5.41, 5.74) is 0.796. The highest BCUT2D eigenvalue weighted by Gasteiger charge is 2.69. The molecule has 3 aliphatic carbocycles. The molecular weight excluding hydrogens is 460 g/mol. The van der Waals surface area contributed by atoms with Crippen LogP contribution >= 0.6 is 0 Å². The number of hydrogen-bond donors (Lipinski definition) is 5. The lowest BCUT2D eigenvalue weighted by molar-refractivity contribution is -0.206. The fraction of sp³-hybridized carbons (Fsp3) is 0.360. The molecule has 2 aliphatic heterocycles. The first-order valence-corrected chi connectivity index (χ1v) is 11.1. The zero-order chi connectivity index (χ0) is 24.8. The Labute approximate surface area is 198 Å². The summed E-state index contributed by atoms with van der Waals surface area (Å²) in [6.07, 6.45) is -1.37. The minimum atomic E-state index is -2.13. The van der Waals surface area contributed by atoms with Crippen LogP contribution in [-0.2, 0) is 9.53 Å². The van der Waals surface area contributed by atoms with Gasteiger partial charge in [-0.05, 0) is 23.3 Å². The van der Waals surface area contributed by atoms with Crippen LogP contribution in [0.15, 0.2) is 42.0 Å². The largest absolute Gasteiger partial charge is 0.508 e. The predicted molar refractivity (Wildman–Crippen MR) is 116 cm³/mol. The molecule has 1 saturated carbocycles. The van der Waals surface area contributed by atoms with Crippen LogP contribution in [-0.4, -0.2) is 68.8 Å². The molecule has 35 heavy (non-hydrogen) atoms. The summed E-state index contributed by atoms with van der Waals surface area (Å²) in [6.45, 7) is 0.0452. The first-order valence-electron chi connectivity index (χ1n) is 11.1. The van der Waals surface area contributed by atoms with Crippen molar-refractivity contribution in [3.8, 4) is 28.7 Å². The molecule has 2 aromatic rings. The normalized spacial score (nSPS) is 34.9. The van der Waals surface area contributed by atoms with Gasteiger partial charge in [0.15, 0.2) is 29.5 Å². The first-order chi connectivity index (χ1) is 16.7. The van der Waals surface area contributed by atoms with Crippen LogP contribution in [0, 0.1) is 17.8 Å². The van der Waals surface area contributed by atoms with Gasteiger partial charge in [0.2, 0.25) is 11.6 Å². The summed E-state index contributed by atoms with van der Waals surface area (Å²) < 4.78 is 16.7. The van der Waals surface area contributed by atoms with Crippen molar-refractivity contribution in [2.24, 2.45) is 17.8 Å². The number of benzene rings is 2. The second-order valence-electron chi connectivity index (χ2n) is 9.35. The molecule has 10 heteroatoms. The van der Waals surface area contributed by atoms with E-state index < -0.39 is 59.0 Å². The molecule has 0 spiro atoms. The number of hydrogen-bond acceptors (Lipinski definition) is 10. The number of phenolic OH excluding ortho intramolecular Hbond substituents is 3. The molecule has 2 fully saturated rings. The molecule has 4 bridgehead atoms. The zero-order valence-corrected chi connectivity index (χ0v) is 18.4. The molecule has 0 amide bonds. The Morgan fingerprint density at radius 2 is 1.86 bits per heavy atom. The molecule has 10 nitrogen and oxygen atoms in total. The fourth-order valence-corrected chi connectivity index (χ4v) is 6.16.